The Balaban J connectivity index is 1.92. The summed E-state index contributed by atoms with van der Waals surface area (Å²) in [5.74, 6) is 0. The van der Waals surface area contributed by atoms with Crippen LogP contribution in [0.4, 0.5) is 0 Å². The van der Waals surface area contributed by atoms with Gasteiger partial charge in [-0.3, -0.25) is 0 Å². The third kappa shape index (κ3) is 2.39. The van der Waals surface area contributed by atoms with Gasteiger partial charge < -0.3 is 0 Å². The van der Waals surface area contributed by atoms with E-state index in [-0.39, 0.29) is 4.83 Å². The van der Waals surface area contributed by atoms with Crippen LogP contribution in [0, 0.1) is 0 Å². The Morgan fingerprint density at radius 2 is 1.94 bits per heavy atom. The summed E-state index contributed by atoms with van der Waals surface area (Å²) in [6.07, 6.45) is 3.83. The fourth-order valence-corrected chi connectivity index (χ4v) is 5.99. The maximum absolute atomic E-state index is 6.09. The quantitative estimate of drug-likeness (QED) is 0.515. The summed E-state index contributed by atoms with van der Waals surface area (Å²) >= 11 is 16.9. The normalized spacial score (nSPS) is 16.2. The summed E-state index contributed by atoms with van der Waals surface area (Å²) in [5, 5.41) is 0. The third-order valence-corrected chi connectivity index (χ3v) is 8.36. The second-order valence-electron chi connectivity index (χ2n) is 4.08. The highest BCUT2D eigenvalue weighted by molar-refractivity contribution is 9.10. The van der Waals surface area contributed by atoms with Crippen molar-refractivity contribution in [2.45, 2.75) is 24.1 Å². The average Bonchev–Trinajstić information content (AvgIpc) is 2.92. The largest absolute Gasteiger partial charge is 0.144 e. The molecule has 0 N–H and O–H groups in total. The van der Waals surface area contributed by atoms with Crippen molar-refractivity contribution in [1.82, 2.24) is 0 Å². The Kier molecular flexibility index (Phi) is 3.70. The third-order valence-electron chi connectivity index (χ3n) is 2.93. The molecule has 0 aliphatic heterocycles. The van der Waals surface area contributed by atoms with Crippen molar-refractivity contribution in [3.05, 3.63) is 41.1 Å². The molecule has 1 atom stereocenters. The van der Waals surface area contributed by atoms with Crippen molar-refractivity contribution in [3.63, 3.8) is 0 Å². The van der Waals surface area contributed by atoms with E-state index >= 15 is 0 Å². The van der Waals surface area contributed by atoms with Gasteiger partial charge in [0, 0.05) is 19.1 Å². The maximum Gasteiger partial charge on any atom is 0.107 e. The van der Waals surface area contributed by atoms with Crippen molar-refractivity contribution < 1.29 is 0 Å². The molecule has 90 valence electrons. The molecule has 0 spiro atoms. The van der Waals surface area contributed by atoms with Crippen molar-refractivity contribution >= 4 is 66.1 Å². The van der Waals surface area contributed by atoms with Crippen LogP contribution in [0.25, 0.3) is 0 Å². The lowest BCUT2D eigenvalue weighted by Crippen LogP contribution is -1.84. The molecule has 0 radical (unpaired) electrons. The molecular weight excluding hydrogens is 404 g/mol. The summed E-state index contributed by atoms with van der Waals surface area (Å²) < 4.78 is 1.82. The van der Waals surface area contributed by atoms with Crippen LogP contribution in [-0.4, -0.2) is 0 Å². The van der Waals surface area contributed by atoms with Gasteiger partial charge in [0.1, 0.15) is 4.34 Å². The van der Waals surface area contributed by atoms with E-state index in [0.29, 0.717) is 0 Å². The summed E-state index contributed by atoms with van der Waals surface area (Å²) in [6, 6.07) is 4.46. The van der Waals surface area contributed by atoms with Crippen molar-refractivity contribution in [2.24, 2.45) is 0 Å². The first-order valence-corrected chi connectivity index (χ1v) is 9.07. The minimum Gasteiger partial charge on any atom is -0.144 e. The molecule has 1 unspecified atom stereocenters. The van der Waals surface area contributed by atoms with E-state index in [0.717, 1.165) is 8.81 Å². The average molecular weight is 413 g/mol. The monoisotopic (exact) mass is 410 g/mol. The molecule has 1 aliphatic carbocycles. The fourth-order valence-electron chi connectivity index (χ4n) is 2.11. The van der Waals surface area contributed by atoms with Gasteiger partial charge in [0.15, 0.2) is 0 Å². The standard InChI is InChI=1S/C12H9Br2ClS2/c13-7-5-10(17-12(7)15)11(14)9-4-6-2-1-3-8(6)16-9/h4-5,11H,1-3H2. The van der Waals surface area contributed by atoms with Gasteiger partial charge in [-0.2, -0.15) is 0 Å². The predicted octanol–water partition coefficient (Wildman–Crippen LogP) is 6.20. The molecule has 0 saturated heterocycles. The van der Waals surface area contributed by atoms with Crippen LogP contribution in [0.2, 0.25) is 4.34 Å². The van der Waals surface area contributed by atoms with Crippen LogP contribution >= 0.6 is 66.1 Å². The number of halogens is 3. The van der Waals surface area contributed by atoms with E-state index in [2.05, 4.69) is 44.0 Å². The van der Waals surface area contributed by atoms with E-state index in [4.69, 9.17) is 11.6 Å². The highest BCUT2D eigenvalue weighted by atomic mass is 79.9. The highest BCUT2D eigenvalue weighted by Crippen LogP contribution is 2.44. The van der Waals surface area contributed by atoms with Crippen molar-refractivity contribution in [3.8, 4) is 0 Å². The zero-order valence-corrected chi connectivity index (χ0v) is 14.4. The van der Waals surface area contributed by atoms with E-state index in [1.54, 1.807) is 21.8 Å². The van der Waals surface area contributed by atoms with Gasteiger partial charge >= 0.3 is 0 Å². The summed E-state index contributed by atoms with van der Waals surface area (Å²) in [4.78, 5) is 4.53. The molecule has 17 heavy (non-hydrogen) atoms. The number of hydrogen-bond acceptors (Lipinski definition) is 2. The van der Waals surface area contributed by atoms with Gasteiger partial charge in [-0.1, -0.05) is 27.5 Å². The van der Waals surface area contributed by atoms with Crippen molar-refractivity contribution in [2.75, 3.05) is 0 Å². The molecule has 0 nitrogen and oxygen atoms in total. The topological polar surface area (TPSA) is 0 Å². The zero-order valence-electron chi connectivity index (χ0n) is 8.80. The summed E-state index contributed by atoms with van der Waals surface area (Å²) in [5.41, 5.74) is 1.55. The second-order valence-corrected chi connectivity index (χ2v) is 8.71. The zero-order chi connectivity index (χ0) is 12.0. The number of fused-ring (bicyclic) bond motifs is 1. The van der Waals surface area contributed by atoms with Crippen molar-refractivity contribution in [1.29, 1.82) is 0 Å². The number of rotatable bonds is 2. The lowest BCUT2D eigenvalue weighted by molar-refractivity contribution is 0.913. The fraction of sp³-hybridized carbons (Fsp3) is 0.333. The second kappa shape index (κ2) is 4.97. The Morgan fingerprint density at radius 1 is 1.18 bits per heavy atom. The van der Waals surface area contributed by atoms with Gasteiger partial charge in [0.25, 0.3) is 0 Å². The van der Waals surface area contributed by atoms with Gasteiger partial charge in [-0.05, 0) is 52.9 Å². The van der Waals surface area contributed by atoms with Gasteiger partial charge in [-0.15, -0.1) is 22.7 Å². The van der Waals surface area contributed by atoms with Crippen LogP contribution in [0.1, 0.15) is 31.4 Å². The van der Waals surface area contributed by atoms with Crippen LogP contribution in [0.5, 0.6) is 0 Å². The molecule has 0 amide bonds. The molecule has 5 heteroatoms. The lowest BCUT2D eigenvalue weighted by Gasteiger charge is -2.04. The number of aryl methyl sites for hydroxylation is 2. The molecule has 0 saturated carbocycles. The van der Waals surface area contributed by atoms with Gasteiger partial charge in [-0.25, -0.2) is 0 Å². The minimum atomic E-state index is 0.284. The minimum absolute atomic E-state index is 0.284. The molecule has 2 heterocycles. The lowest BCUT2D eigenvalue weighted by atomic mass is 10.2. The Hall–Kier alpha value is 0.650. The van der Waals surface area contributed by atoms with Gasteiger partial charge in [0.05, 0.1) is 4.83 Å². The highest BCUT2D eigenvalue weighted by Gasteiger charge is 2.21. The van der Waals surface area contributed by atoms with Crippen LogP contribution < -0.4 is 0 Å². The van der Waals surface area contributed by atoms with Crippen LogP contribution in [0.15, 0.2) is 16.6 Å². The summed E-state index contributed by atoms with van der Waals surface area (Å²) in [7, 11) is 0. The smallest absolute Gasteiger partial charge is 0.107 e. The molecule has 0 fully saturated rings. The Morgan fingerprint density at radius 3 is 2.59 bits per heavy atom. The molecule has 1 aliphatic rings. The molecular formula is C12H9Br2ClS2. The molecule has 2 aromatic heterocycles. The predicted molar refractivity (Wildman–Crippen MR) is 84.1 cm³/mol. The van der Waals surface area contributed by atoms with Crippen LogP contribution in [0.3, 0.4) is 0 Å². The van der Waals surface area contributed by atoms with Gasteiger partial charge in [0.2, 0.25) is 0 Å². The SMILES string of the molecule is Clc1sc(C(Br)c2cc3c(s2)CCC3)cc1Br. The first kappa shape index (κ1) is 12.7. The number of thiophene rings is 2. The number of hydrogen-bond donors (Lipinski definition) is 0. The van der Waals surface area contributed by atoms with E-state index in [1.807, 2.05) is 11.3 Å². The maximum atomic E-state index is 6.09. The van der Waals surface area contributed by atoms with E-state index in [1.165, 1.54) is 29.0 Å². The van der Waals surface area contributed by atoms with E-state index < -0.39 is 0 Å². The summed E-state index contributed by atoms with van der Waals surface area (Å²) in [6.45, 7) is 0. The molecule has 0 bridgehead atoms. The molecule has 2 aromatic rings. The van der Waals surface area contributed by atoms with Crippen LogP contribution in [-0.2, 0) is 12.8 Å². The number of alkyl halides is 1. The first-order chi connectivity index (χ1) is 8.15. The Bertz CT molecular complexity index is 518. The van der Waals surface area contributed by atoms with E-state index in [9.17, 15) is 0 Å². The Labute approximate surface area is 130 Å². The first-order valence-electron chi connectivity index (χ1n) is 5.35. The molecule has 3 rings (SSSR count). The molecule has 0 aromatic carbocycles.